The lowest BCUT2D eigenvalue weighted by atomic mass is 9.95. The first-order valence-corrected chi connectivity index (χ1v) is 8.40. The van der Waals surface area contributed by atoms with Crippen LogP contribution in [0.5, 0.6) is 17.2 Å². The Kier molecular flexibility index (Phi) is 3.60. The van der Waals surface area contributed by atoms with Gasteiger partial charge < -0.3 is 14.2 Å². The molecule has 0 bridgehead atoms. The Bertz CT molecular complexity index is 845. The van der Waals surface area contributed by atoms with Gasteiger partial charge in [-0.15, -0.1) is 0 Å². The van der Waals surface area contributed by atoms with Crippen LogP contribution >= 0.6 is 0 Å². The van der Waals surface area contributed by atoms with Crippen molar-refractivity contribution in [1.82, 2.24) is 5.01 Å². The Hall–Kier alpha value is -2.69. The van der Waals surface area contributed by atoms with E-state index in [-0.39, 0.29) is 6.04 Å². The summed E-state index contributed by atoms with van der Waals surface area (Å²) in [5, 5.41) is 6.95. The Morgan fingerprint density at radius 1 is 1.12 bits per heavy atom. The minimum absolute atomic E-state index is 0.134. The molecule has 25 heavy (non-hydrogen) atoms. The fraction of sp³-hybridized carbons (Fsp3) is 0.350. The zero-order chi connectivity index (χ0) is 17.6. The standard InChI is InChI=1S/C20H22N2O3/c1-20(2)22-17(15-9-6-10-18(24-4)19(15)25-20)12-16(21-22)13-7-5-8-14(11-13)23-3/h5-11,17H,12H2,1-4H3/t17-/m1/s1. The second-order valence-corrected chi connectivity index (χ2v) is 6.77. The molecule has 2 heterocycles. The van der Waals surface area contributed by atoms with E-state index in [1.165, 1.54) is 0 Å². The molecule has 4 rings (SSSR count). The number of methoxy groups -OCH3 is 2. The van der Waals surface area contributed by atoms with E-state index in [9.17, 15) is 0 Å². The van der Waals surface area contributed by atoms with E-state index in [1.807, 2.05) is 44.2 Å². The SMILES string of the molecule is COc1cccc(C2=NN3[C@H](C2)c2cccc(OC)c2OC3(C)C)c1. The lowest BCUT2D eigenvalue weighted by Crippen LogP contribution is -2.48. The highest BCUT2D eigenvalue weighted by molar-refractivity contribution is 6.02. The van der Waals surface area contributed by atoms with Crippen LogP contribution in [0.15, 0.2) is 47.6 Å². The highest BCUT2D eigenvalue weighted by atomic mass is 16.5. The van der Waals surface area contributed by atoms with Crippen LogP contribution in [0.25, 0.3) is 0 Å². The molecule has 130 valence electrons. The molecule has 0 saturated heterocycles. The van der Waals surface area contributed by atoms with Gasteiger partial charge in [0.05, 0.1) is 26.0 Å². The fourth-order valence-corrected chi connectivity index (χ4v) is 3.59. The average molecular weight is 338 g/mol. The van der Waals surface area contributed by atoms with Gasteiger partial charge in [0.1, 0.15) is 5.75 Å². The van der Waals surface area contributed by atoms with Crippen molar-refractivity contribution in [2.75, 3.05) is 14.2 Å². The highest BCUT2D eigenvalue weighted by Crippen LogP contribution is 2.49. The van der Waals surface area contributed by atoms with E-state index in [4.69, 9.17) is 19.3 Å². The van der Waals surface area contributed by atoms with Crippen LogP contribution in [-0.2, 0) is 0 Å². The molecule has 1 atom stereocenters. The van der Waals surface area contributed by atoms with Crippen molar-refractivity contribution in [3.05, 3.63) is 53.6 Å². The molecule has 0 aliphatic carbocycles. The summed E-state index contributed by atoms with van der Waals surface area (Å²) in [5.74, 6) is 2.42. The summed E-state index contributed by atoms with van der Waals surface area (Å²) in [6.45, 7) is 4.07. The number of ether oxygens (including phenoxy) is 3. The number of hydrogen-bond donors (Lipinski definition) is 0. The van der Waals surface area contributed by atoms with Crippen LogP contribution < -0.4 is 14.2 Å². The predicted octanol–water partition coefficient (Wildman–Crippen LogP) is 3.98. The first kappa shape index (κ1) is 15.8. The van der Waals surface area contributed by atoms with Crippen LogP contribution in [0.1, 0.15) is 37.4 Å². The molecule has 5 heteroatoms. The molecule has 0 spiro atoms. The van der Waals surface area contributed by atoms with Gasteiger partial charge >= 0.3 is 0 Å². The third-order valence-electron chi connectivity index (χ3n) is 4.81. The van der Waals surface area contributed by atoms with Crippen LogP contribution in [0.3, 0.4) is 0 Å². The number of rotatable bonds is 3. The molecular weight excluding hydrogens is 316 g/mol. The summed E-state index contributed by atoms with van der Waals surface area (Å²) >= 11 is 0. The predicted molar refractivity (Wildman–Crippen MR) is 96.4 cm³/mol. The Morgan fingerprint density at radius 3 is 2.68 bits per heavy atom. The van der Waals surface area contributed by atoms with Crippen molar-refractivity contribution in [2.45, 2.75) is 32.0 Å². The first-order valence-electron chi connectivity index (χ1n) is 8.40. The molecule has 0 amide bonds. The van der Waals surface area contributed by atoms with Gasteiger partial charge in [0.15, 0.2) is 17.2 Å². The molecule has 2 aliphatic rings. The molecule has 0 radical (unpaired) electrons. The van der Waals surface area contributed by atoms with Crippen molar-refractivity contribution >= 4 is 5.71 Å². The molecule has 2 aromatic rings. The normalized spacial score (nSPS) is 20.2. The second-order valence-electron chi connectivity index (χ2n) is 6.77. The molecular formula is C20H22N2O3. The number of hydrogen-bond acceptors (Lipinski definition) is 5. The molecule has 0 aromatic heterocycles. The van der Waals surface area contributed by atoms with Gasteiger partial charge in [-0.1, -0.05) is 24.3 Å². The lowest BCUT2D eigenvalue weighted by Gasteiger charge is -2.43. The van der Waals surface area contributed by atoms with Crippen molar-refractivity contribution in [1.29, 1.82) is 0 Å². The summed E-state index contributed by atoms with van der Waals surface area (Å²) in [6, 6.07) is 14.2. The molecule has 0 saturated carbocycles. The smallest absolute Gasteiger partial charge is 0.192 e. The number of fused-ring (bicyclic) bond motifs is 3. The molecule has 5 nitrogen and oxygen atoms in total. The summed E-state index contributed by atoms with van der Waals surface area (Å²) < 4.78 is 17.1. The topological polar surface area (TPSA) is 43.3 Å². The molecule has 0 unspecified atom stereocenters. The second kappa shape index (κ2) is 5.69. The number of nitrogens with zero attached hydrogens (tertiary/aromatic N) is 2. The quantitative estimate of drug-likeness (QED) is 0.849. The van der Waals surface area contributed by atoms with Crippen molar-refractivity contribution in [2.24, 2.45) is 5.10 Å². The zero-order valence-corrected chi connectivity index (χ0v) is 14.9. The largest absolute Gasteiger partial charge is 0.497 e. The summed E-state index contributed by atoms with van der Waals surface area (Å²) in [4.78, 5) is 0. The van der Waals surface area contributed by atoms with E-state index in [1.54, 1.807) is 14.2 Å². The van der Waals surface area contributed by atoms with Crippen molar-refractivity contribution in [3.63, 3.8) is 0 Å². The van der Waals surface area contributed by atoms with Crippen molar-refractivity contribution in [3.8, 4) is 17.2 Å². The van der Waals surface area contributed by atoms with Crippen LogP contribution in [0.4, 0.5) is 0 Å². The van der Waals surface area contributed by atoms with E-state index < -0.39 is 5.72 Å². The van der Waals surface area contributed by atoms with Crippen molar-refractivity contribution < 1.29 is 14.2 Å². The summed E-state index contributed by atoms with van der Waals surface area (Å²) in [5.41, 5.74) is 2.68. The van der Waals surface area contributed by atoms with E-state index in [0.29, 0.717) is 0 Å². The maximum Gasteiger partial charge on any atom is 0.192 e. The Balaban J connectivity index is 1.76. The Morgan fingerprint density at radius 2 is 1.92 bits per heavy atom. The summed E-state index contributed by atoms with van der Waals surface area (Å²) in [7, 11) is 3.35. The van der Waals surface area contributed by atoms with Crippen LogP contribution in [0, 0.1) is 0 Å². The number of para-hydroxylation sites is 1. The average Bonchev–Trinajstić information content (AvgIpc) is 3.08. The number of hydrazone groups is 1. The van der Waals surface area contributed by atoms with Gasteiger partial charge in [-0.25, -0.2) is 5.01 Å². The minimum atomic E-state index is -0.549. The fourth-order valence-electron chi connectivity index (χ4n) is 3.59. The Labute approximate surface area is 147 Å². The lowest BCUT2D eigenvalue weighted by molar-refractivity contribution is -0.0924. The highest BCUT2D eigenvalue weighted by Gasteiger charge is 2.45. The zero-order valence-electron chi connectivity index (χ0n) is 14.9. The van der Waals surface area contributed by atoms with E-state index in [2.05, 4.69) is 17.1 Å². The van der Waals surface area contributed by atoms with Crippen LogP contribution in [-0.4, -0.2) is 30.7 Å². The van der Waals surface area contributed by atoms with Gasteiger partial charge in [-0.2, -0.15) is 5.10 Å². The molecule has 0 fully saturated rings. The third kappa shape index (κ3) is 2.51. The molecule has 2 aliphatic heterocycles. The van der Waals surface area contributed by atoms with Gasteiger partial charge in [-0.05, 0) is 32.0 Å². The maximum atomic E-state index is 6.25. The van der Waals surface area contributed by atoms with Gasteiger partial charge in [-0.3, -0.25) is 0 Å². The maximum absolute atomic E-state index is 6.25. The molecule has 0 N–H and O–H groups in total. The van der Waals surface area contributed by atoms with Crippen LogP contribution in [0.2, 0.25) is 0 Å². The van der Waals surface area contributed by atoms with E-state index >= 15 is 0 Å². The third-order valence-corrected chi connectivity index (χ3v) is 4.81. The molecule has 2 aromatic carbocycles. The monoisotopic (exact) mass is 338 g/mol. The van der Waals surface area contributed by atoms with E-state index in [0.717, 1.165) is 40.5 Å². The first-order chi connectivity index (χ1) is 12.0. The summed E-state index contributed by atoms with van der Waals surface area (Å²) in [6.07, 6.45) is 0.820. The van der Waals surface area contributed by atoms with Gasteiger partial charge in [0, 0.05) is 17.5 Å². The van der Waals surface area contributed by atoms with Gasteiger partial charge in [0.25, 0.3) is 0 Å². The van der Waals surface area contributed by atoms with Gasteiger partial charge in [0.2, 0.25) is 0 Å². The number of benzene rings is 2. The minimum Gasteiger partial charge on any atom is -0.497 e.